The van der Waals surface area contributed by atoms with Gasteiger partial charge in [0.05, 0.1) is 12.0 Å². The molecule has 2 aromatic carbocycles. The zero-order valence-corrected chi connectivity index (χ0v) is 22.4. The number of nitrogens with one attached hydrogen (secondary N) is 4. The van der Waals surface area contributed by atoms with Crippen LogP contribution in [0.5, 0.6) is 0 Å². The first-order valence-electron chi connectivity index (χ1n) is 11.6. The molecule has 0 bridgehead atoms. The number of sulfonamides is 1. The molecule has 0 aliphatic heterocycles. The second kappa shape index (κ2) is 13.5. The highest BCUT2D eigenvalue weighted by Gasteiger charge is 2.27. The van der Waals surface area contributed by atoms with Gasteiger partial charge < -0.3 is 25.4 Å². The largest absolute Gasteiger partial charge is 0.468 e. The van der Waals surface area contributed by atoms with Gasteiger partial charge in [0.2, 0.25) is 10.0 Å². The molecule has 1 atom stereocenters. The minimum Gasteiger partial charge on any atom is -0.468 e. The van der Waals surface area contributed by atoms with Gasteiger partial charge in [-0.3, -0.25) is 14.4 Å². The molecule has 0 aliphatic rings. The van der Waals surface area contributed by atoms with E-state index in [9.17, 15) is 27.6 Å². The van der Waals surface area contributed by atoms with E-state index in [0.29, 0.717) is 0 Å². The lowest BCUT2D eigenvalue weighted by Gasteiger charge is -2.19. The highest BCUT2D eigenvalue weighted by Crippen LogP contribution is 2.10. The van der Waals surface area contributed by atoms with Crippen LogP contribution in [0.25, 0.3) is 0 Å². The summed E-state index contributed by atoms with van der Waals surface area (Å²) in [5.74, 6) is -2.01. The van der Waals surface area contributed by atoms with Gasteiger partial charge in [-0.15, -0.1) is 0 Å². The number of amides is 3. The van der Waals surface area contributed by atoms with Crippen LogP contribution in [0.3, 0.4) is 0 Å². The number of carbonyl (C=O) groups is 4. The lowest BCUT2D eigenvalue weighted by molar-refractivity contribution is -0.142. The Morgan fingerprint density at radius 3 is 2.00 bits per heavy atom. The van der Waals surface area contributed by atoms with Gasteiger partial charge in [0.15, 0.2) is 0 Å². The summed E-state index contributed by atoms with van der Waals surface area (Å²) in [5.41, 5.74) is -0.347. The van der Waals surface area contributed by atoms with Gasteiger partial charge in [0.1, 0.15) is 11.6 Å². The fraction of sp³-hybridized carbons (Fsp3) is 0.360. The molecule has 12 nitrogen and oxygen atoms in total. The van der Waals surface area contributed by atoms with Crippen LogP contribution in [0.4, 0.5) is 4.79 Å². The number of ether oxygens (including phenoxy) is 2. The fourth-order valence-corrected chi connectivity index (χ4v) is 4.23. The predicted molar refractivity (Wildman–Crippen MR) is 138 cm³/mol. The van der Waals surface area contributed by atoms with Gasteiger partial charge in [0, 0.05) is 30.8 Å². The Bertz CT molecular complexity index is 1240. The Labute approximate surface area is 221 Å². The van der Waals surface area contributed by atoms with Crippen LogP contribution in [-0.4, -0.2) is 70.7 Å². The molecule has 38 heavy (non-hydrogen) atoms. The number of benzene rings is 2. The lowest BCUT2D eigenvalue weighted by Crippen LogP contribution is -2.48. The molecule has 0 spiro atoms. The van der Waals surface area contributed by atoms with Crippen LogP contribution in [0.15, 0.2) is 59.5 Å². The van der Waals surface area contributed by atoms with Crippen molar-refractivity contribution in [1.82, 2.24) is 20.7 Å². The molecule has 0 unspecified atom stereocenters. The molecule has 13 heteroatoms. The third kappa shape index (κ3) is 9.82. The molecule has 2 rings (SSSR count). The van der Waals surface area contributed by atoms with Crippen molar-refractivity contribution >= 4 is 33.9 Å². The van der Waals surface area contributed by atoms with Gasteiger partial charge in [-0.05, 0) is 51.1 Å². The number of rotatable bonds is 11. The maximum Gasteiger partial charge on any atom is 0.407 e. The van der Waals surface area contributed by atoms with Gasteiger partial charge in [-0.25, -0.2) is 13.2 Å². The summed E-state index contributed by atoms with van der Waals surface area (Å²) in [5, 5.41) is 7.61. The van der Waals surface area contributed by atoms with Crippen LogP contribution in [0.1, 0.15) is 41.5 Å². The highest BCUT2D eigenvalue weighted by molar-refractivity contribution is 7.89. The number of carbonyl (C=O) groups excluding carboxylic acids is 4. The van der Waals surface area contributed by atoms with Crippen LogP contribution in [0, 0.1) is 0 Å². The molecule has 0 saturated heterocycles. The number of esters is 1. The third-order valence-electron chi connectivity index (χ3n) is 4.77. The summed E-state index contributed by atoms with van der Waals surface area (Å²) in [6.07, 6.45) is -0.610. The molecule has 0 aliphatic carbocycles. The van der Waals surface area contributed by atoms with Crippen LogP contribution >= 0.6 is 0 Å². The van der Waals surface area contributed by atoms with E-state index in [4.69, 9.17) is 4.74 Å². The van der Waals surface area contributed by atoms with Crippen LogP contribution < -0.4 is 20.7 Å². The van der Waals surface area contributed by atoms with E-state index in [1.807, 2.05) is 0 Å². The summed E-state index contributed by atoms with van der Waals surface area (Å²) in [6, 6.07) is 11.8. The molecule has 0 radical (unpaired) electrons. The van der Waals surface area contributed by atoms with Crippen molar-refractivity contribution in [2.45, 2.75) is 37.3 Å². The fourth-order valence-electron chi connectivity index (χ4n) is 3.03. The summed E-state index contributed by atoms with van der Waals surface area (Å²) < 4.78 is 37.2. The maximum atomic E-state index is 12.7. The van der Waals surface area contributed by atoms with Crippen molar-refractivity contribution in [3.8, 4) is 0 Å². The van der Waals surface area contributed by atoms with Crippen molar-refractivity contribution in [3.63, 3.8) is 0 Å². The topological polar surface area (TPSA) is 169 Å². The molecular formula is C25H32N4O8S. The standard InChI is InChI=1S/C25H32N4O8S/c1-25(2,3)37-24(33)27-14-13-26-21(30)17-9-8-10-18(15-17)22(31)28-16-20(23(32)36-4)29-38(34,35)19-11-6-5-7-12-19/h5-12,15,20,29H,13-14,16H2,1-4H3,(H,26,30)(H,27,33)(H,28,31)/t20-/m0/s1. The Morgan fingerprint density at radius 2 is 1.42 bits per heavy atom. The van der Waals surface area contributed by atoms with Gasteiger partial charge in [0.25, 0.3) is 11.8 Å². The Kier molecular flexibility index (Phi) is 10.8. The monoisotopic (exact) mass is 548 g/mol. The van der Waals surface area contributed by atoms with E-state index in [1.54, 1.807) is 26.8 Å². The average molecular weight is 549 g/mol. The predicted octanol–water partition coefficient (Wildman–Crippen LogP) is 1.19. The first kappa shape index (κ1) is 30.3. The molecule has 4 N–H and O–H groups in total. The normalized spacial score (nSPS) is 12.1. The SMILES string of the molecule is COC(=O)[C@H](CNC(=O)c1cccc(C(=O)NCCNC(=O)OC(C)(C)C)c1)NS(=O)(=O)c1ccccc1. The number of hydrogen-bond acceptors (Lipinski definition) is 8. The molecule has 206 valence electrons. The highest BCUT2D eigenvalue weighted by atomic mass is 32.2. The van der Waals surface area contributed by atoms with Crippen LogP contribution in [-0.2, 0) is 24.3 Å². The van der Waals surface area contributed by atoms with Crippen LogP contribution in [0.2, 0.25) is 0 Å². The third-order valence-corrected chi connectivity index (χ3v) is 6.26. The van der Waals surface area contributed by atoms with Crippen molar-refractivity contribution in [2.75, 3.05) is 26.7 Å². The van der Waals surface area contributed by atoms with E-state index in [0.717, 1.165) is 7.11 Å². The Morgan fingerprint density at radius 1 is 0.842 bits per heavy atom. The van der Waals surface area contributed by atoms with E-state index >= 15 is 0 Å². The molecule has 0 saturated carbocycles. The lowest BCUT2D eigenvalue weighted by atomic mass is 10.1. The molecular weight excluding hydrogens is 516 g/mol. The van der Waals surface area contributed by atoms with Crippen molar-refractivity contribution in [1.29, 1.82) is 0 Å². The zero-order valence-electron chi connectivity index (χ0n) is 21.6. The maximum absolute atomic E-state index is 12.7. The first-order valence-corrected chi connectivity index (χ1v) is 13.1. The van der Waals surface area contributed by atoms with E-state index in [-0.39, 0.29) is 29.1 Å². The molecule has 0 aromatic heterocycles. The number of alkyl carbamates (subject to hydrolysis) is 1. The first-order chi connectivity index (χ1) is 17.8. The summed E-state index contributed by atoms with van der Waals surface area (Å²) in [4.78, 5) is 48.9. The summed E-state index contributed by atoms with van der Waals surface area (Å²) >= 11 is 0. The van der Waals surface area contributed by atoms with Crippen molar-refractivity contribution in [2.24, 2.45) is 0 Å². The smallest absolute Gasteiger partial charge is 0.407 e. The van der Waals surface area contributed by atoms with Crippen molar-refractivity contribution in [3.05, 3.63) is 65.7 Å². The van der Waals surface area contributed by atoms with Gasteiger partial charge in [-0.2, -0.15) is 4.72 Å². The molecule has 2 aromatic rings. The summed E-state index contributed by atoms with van der Waals surface area (Å²) in [6.45, 7) is 5.05. The minimum absolute atomic E-state index is 0.0553. The molecule has 0 fully saturated rings. The second-order valence-corrected chi connectivity index (χ2v) is 10.7. The number of methoxy groups -OCH3 is 1. The minimum atomic E-state index is -4.06. The van der Waals surface area contributed by atoms with E-state index in [2.05, 4.69) is 25.4 Å². The quantitative estimate of drug-likeness (QED) is 0.240. The second-order valence-electron chi connectivity index (χ2n) is 8.99. The van der Waals surface area contributed by atoms with E-state index in [1.165, 1.54) is 48.5 Å². The zero-order chi connectivity index (χ0) is 28.3. The number of hydrogen-bond donors (Lipinski definition) is 4. The summed E-state index contributed by atoms with van der Waals surface area (Å²) in [7, 11) is -2.96. The Hall–Kier alpha value is -3.97. The Balaban J connectivity index is 1.95. The van der Waals surface area contributed by atoms with Gasteiger partial charge >= 0.3 is 12.1 Å². The van der Waals surface area contributed by atoms with Crippen molar-refractivity contribution < 1.29 is 37.1 Å². The van der Waals surface area contributed by atoms with E-state index < -0.39 is 52.1 Å². The van der Waals surface area contributed by atoms with Gasteiger partial charge in [-0.1, -0.05) is 24.3 Å². The molecule has 0 heterocycles. The average Bonchev–Trinajstić information content (AvgIpc) is 2.87. The molecule has 3 amide bonds.